The number of methoxy groups -OCH3 is 1. The van der Waals surface area contributed by atoms with Crippen LogP contribution in [0.1, 0.15) is 17.3 Å². The predicted molar refractivity (Wildman–Crippen MR) is 65.7 cm³/mol. The average Bonchev–Trinajstić information content (AvgIpc) is 2.40. The standard InChI is InChI=1S/C13H15N3O/c1-17-11-4-2-10(3-5-11)8-12(14)13-9-15-6-7-16-13/h2-7,9,12H,8,14H2,1H3. The third-order valence-corrected chi connectivity index (χ3v) is 2.58. The van der Waals surface area contributed by atoms with Crippen LogP contribution < -0.4 is 10.5 Å². The van der Waals surface area contributed by atoms with Gasteiger partial charge in [0, 0.05) is 18.6 Å². The van der Waals surface area contributed by atoms with E-state index in [1.54, 1.807) is 25.7 Å². The largest absolute Gasteiger partial charge is 0.497 e. The highest BCUT2D eigenvalue weighted by atomic mass is 16.5. The van der Waals surface area contributed by atoms with Crippen LogP contribution in [0.4, 0.5) is 0 Å². The lowest BCUT2D eigenvalue weighted by Gasteiger charge is -2.10. The van der Waals surface area contributed by atoms with Crippen LogP contribution in [-0.4, -0.2) is 17.1 Å². The van der Waals surface area contributed by atoms with Gasteiger partial charge in [-0.1, -0.05) is 12.1 Å². The van der Waals surface area contributed by atoms with E-state index in [0.717, 1.165) is 23.4 Å². The Balaban J connectivity index is 2.05. The maximum Gasteiger partial charge on any atom is 0.118 e. The Labute approximate surface area is 100 Å². The van der Waals surface area contributed by atoms with Gasteiger partial charge in [-0.3, -0.25) is 9.97 Å². The Morgan fingerprint density at radius 2 is 2.00 bits per heavy atom. The van der Waals surface area contributed by atoms with Crippen molar-refractivity contribution < 1.29 is 4.74 Å². The van der Waals surface area contributed by atoms with Crippen LogP contribution in [0.15, 0.2) is 42.9 Å². The molecule has 0 fully saturated rings. The monoisotopic (exact) mass is 229 g/mol. The molecule has 0 aliphatic carbocycles. The number of hydrogen-bond donors (Lipinski definition) is 1. The molecule has 0 saturated heterocycles. The van der Waals surface area contributed by atoms with Crippen LogP contribution in [0.25, 0.3) is 0 Å². The van der Waals surface area contributed by atoms with E-state index in [1.165, 1.54) is 0 Å². The van der Waals surface area contributed by atoms with E-state index in [-0.39, 0.29) is 6.04 Å². The third kappa shape index (κ3) is 3.01. The topological polar surface area (TPSA) is 61.0 Å². The smallest absolute Gasteiger partial charge is 0.118 e. The molecule has 0 aliphatic heterocycles. The second-order valence-corrected chi connectivity index (χ2v) is 3.79. The highest BCUT2D eigenvalue weighted by Gasteiger charge is 2.08. The fourth-order valence-corrected chi connectivity index (χ4v) is 1.62. The Bertz CT molecular complexity index is 456. The lowest BCUT2D eigenvalue weighted by atomic mass is 10.0. The highest BCUT2D eigenvalue weighted by molar-refractivity contribution is 5.28. The quantitative estimate of drug-likeness (QED) is 0.867. The van der Waals surface area contributed by atoms with Gasteiger partial charge in [0.2, 0.25) is 0 Å². The van der Waals surface area contributed by atoms with Crippen molar-refractivity contribution in [2.24, 2.45) is 5.73 Å². The summed E-state index contributed by atoms with van der Waals surface area (Å²) in [6.07, 6.45) is 5.74. The SMILES string of the molecule is COc1ccc(CC(N)c2cnccn2)cc1. The number of benzene rings is 1. The minimum atomic E-state index is -0.128. The van der Waals surface area contributed by atoms with Crippen molar-refractivity contribution in [2.45, 2.75) is 12.5 Å². The molecule has 0 aliphatic rings. The lowest BCUT2D eigenvalue weighted by Crippen LogP contribution is -2.15. The number of rotatable bonds is 4. The van der Waals surface area contributed by atoms with Crippen LogP contribution in [0.3, 0.4) is 0 Å². The van der Waals surface area contributed by atoms with Gasteiger partial charge in [-0.25, -0.2) is 0 Å². The van der Waals surface area contributed by atoms with Crippen molar-refractivity contribution in [1.29, 1.82) is 0 Å². The van der Waals surface area contributed by atoms with Gasteiger partial charge in [-0.15, -0.1) is 0 Å². The minimum Gasteiger partial charge on any atom is -0.497 e. The van der Waals surface area contributed by atoms with Crippen LogP contribution in [0, 0.1) is 0 Å². The normalized spacial score (nSPS) is 12.1. The summed E-state index contributed by atoms with van der Waals surface area (Å²) in [5.74, 6) is 0.849. The summed E-state index contributed by atoms with van der Waals surface area (Å²) in [4.78, 5) is 8.21. The maximum atomic E-state index is 6.06. The summed E-state index contributed by atoms with van der Waals surface area (Å²) >= 11 is 0. The van der Waals surface area contributed by atoms with E-state index in [9.17, 15) is 0 Å². The average molecular weight is 229 g/mol. The van der Waals surface area contributed by atoms with Gasteiger partial charge < -0.3 is 10.5 Å². The van der Waals surface area contributed by atoms with E-state index in [0.29, 0.717) is 0 Å². The van der Waals surface area contributed by atoms with Crippen molar-refractivity contribution in [1.82, 2.24) is 9.97 Å². The van der Waals surface area contributed by atoms with Crippen LogP contribution in [0.2, 0.25) is 0 Å². The van der Waals surface area contributed by atoms with E-state index >= 15 is 0 Å². The van der Waals surface area contributed by atoms with Gasteiger partial charge in [0.05, 0.1) is 18.8 Å². The zero-order valence-corrected chi connectivity index (χ0v) is 9.71. The van der Waals surface area contributed by atoms with E-state index in [4.69, 9.17) is 10.5 Å². The molecule has 0 bridgehead atoms. The zero-order chi connectivity index (χ0) is 12.1. The Kier molecular flexibility index (Phi) is 3.67. The number of nitrogens with zero attached hydrogens (tertiary/aromatic N) is 2. The van der Waals surface area contributed by atoms with Crippen molar-refractivity contribution in [3.8, 4) is 5.75 Å². The first-order valence-electron chi connectivity index (χ1n) is 5.44. The van der Waals surface area contributed by atoms with Gasteiger partial charge in [-0.05, 0) is 24.1 Å². The van der Waals surface area contributed by atoms with Crippen molar-refractivity contribution in [3.63, 3.8) is 0 Å². The van der Waals surface area contributed by atoms with Crippen LogP contribution in [-0.2, 0) is 6.42 Å². The van der Waals surface area contributed by atoms with E-state index in [1.807, 2.05) is 24.3 Å². The van der Waals surface area contributed by atoms with Gasteiger partial charge >= 0.3 is 0 Å². The maximum absolute atomic E-state index is 6.06. The number of ether oxygens (including phenoxy) is 1. The summed E-state index contributed by atoms with van der Waals surface area (Å²) in [6.45, 7) is 0. The Morgan fingerprint density at radius 3 is 2.59 bits per heavy atom. The molecule has 88 valence electrons. The molecule has 0 amide bonds. The Hall–Kier alpha value is -1.94. The van der Waals surface area contributed by atoms with Gasteiger partial charge in [0.25, 0.3) is 0 Å². The first-order chi connectivity index (χ1) is 8.29. The highest BCUT2D eigenvalue weighted by Crippen LogP contribution is 2.16. The van der Waals surface area contributed by atoms with Gasteiger partial charge in [-0.2, -0.15) is 0 Å². The molecule has 0 spiro atoms. The van der Waals surface area contributed by atoms with Crippen LogP contribution >= 0.6 is 0 Å². The summed E-state index contributed by atoms with van der Waals surface area (Å²) in [5, 5.41) is 0. The zero-order valence-electron chi connectivity index (χ0n) is 9.71. The molecule has 17 heavy (non-hydrogen) atoms. The second kappa shape index (κ2) is 5.41. The molecular weight excluding hydrogens is 214 g/mol. The lowest BCUT2D eigenvalue weighted by molar-refractivity contribution is 0.414. The van der Waals surface area contributed by atoms with Crippen LogP contribution in [0.5, 0.6) is 5.75 Å². The molecule has 1 aromatic carbocycles. The summed E-state index contributed by atoms with van der Waals surface area (Å²) in [5.41, 5.74) is 8.03. The molecule has 4 nitrogen and oxygen atoms in total. The molecule has 1 atom stereocenters. The Morgan fingerprint density at radius 1 is 1.24 bits per heavy atom. The number of nitrogens with two attached hydrogens (primary N) is 1. The first kappa shape index (κ1) is 11.5. The molecule has 4 heteroatoms. The predicted octanol–water partition coefficient (Wildman–Crippen LogP) is 1.73. The van der Waals surface area contributed by atoms with E-state index < -0.39 is 0 Å². The molecule has 2 N–H and O–H groups in total. The summed E-state index contributed by atoms with van der Waals surface area (Å²) in [6, 6.07) is 7.75. The fourth-order valence-electron chi connectivity index (χ4n) is 1.62. The number of hydrogen-bond acceptors (Lipinski definition) is 4. The molecule has 1 heterocycles. The van der Waals surface area contributed by atoms with Crippen molar-refractivity contribution in [2.75, 3.05) is 7.11 Å². The molecular formula is C13H15N3O. The molecule has 0 saturated carbocycles. The van der Waals surface area contributed by atoms with E-state index in [2.05, 4.69) is 9.97 Å². The van der Waals surface area contributed by atoms with Gasteiger partial charge in [0.15, 0.2) is 0 Å². The molecule has 2 aromatic rings. The molecule has 0 radical (unpaired) electrons. The molecule has 1 aromatic heterocycles. The first-order valence-corrected chi connectivity index (χ1v) is 5.44. The number of aromatic nitrogens is 2. The summed E-state index contributed by atoms with van der Waals surface area (Å²) in [7, 11) is 1.65. The second-order valence-electron chi connectivity index (χ2n) is 3.79. The van der Waals surface area contributed by atoms with Gasteiger partial charge in [0.1, 0.15) is 5.75 Å². The molecule has 1 unspecified atom stereocenters. The third-order valence-electron chi connectivity index (χ3n) is 2.58. The minimum absolute atomic E-state index is 0.128. The van der Waals surface area contributed by atoms with Crippen molar-refractivity contribution >= 4 is 0 Å². The molecule has 2 rings (SSSR count). The fraction of sp³-hybridized carbons (Fsp3) is 0.231. The van der Waals surface area contributed by atoms with Crippen molar-refractivity contribution in [3.05, 3.63) is 54.1 Å². The summed E-state index contributed by atoms with van der Waals surface area (Å²) < 4.78 is 5.11.